The van der Waals surface area contributed by atoms with E-state index in [-0.39, 0.29) is 5.91 Å². The number of allylic oxidation sites excluding steroid dienone is 2. The molecule has 156 valence electrons. The molecular weight excluding hydrogens is 376 g/mol. The highest BCUT2D eigenvalue weighted by Crippen LogP contribution is 2.30. The van der Waals surface area contributed by atoms with Crippen LogP contribution in [0.1, 0.15) is 47.2 Å². The normalized spacial score (nSPS) is 16.1. The van der Waals surface area contributed by atoms with E-state index in [4.69, 9.17) is 10.6 Å². The van der Waals surface area contributed by atoms with Crippen LogP contribution in [0.15, 0.2) is 55.5 Å². The molecule has 0 bridgehead atoms. The molecule has 1 aromatic heterocycles. The van der Waals surface area contributed by atoms with E-state index in [1.54, 1.807) is 24.7 Å². The van der Waals surface area contributed by atoms with Gasteiger partial charge in [0.05, 0.1) is 24.7 Å². The highest BCUT2D eigenvalue weighted by Gasteiger charge is 2.24. The number of hydrogen-bond acceptors (Lipinski definition) is 5. The van der Waals surface area contributed by atoms with Crippen molar-refractivity contribution in [3.05, 3.63) is 72.2 Å². The molecule has 2 aliphatic carbocycles. The van der Waals surface area contributed by atoms with Crippen molar-refractivity contribution < 1.29 is 9.53 Å². The zero-order chi connectivity index (χ0) is 21.1. The number of nitrogens with two attached hydrogens (primary N) is 1. The lowest BCUT2D eigenvalue weighted by atomic mass is 9.98. The van der Waals surface area contributed by atoms with Gasteiger partial charge in [-0.05, 0) is 67.4 Å². The molecule has 30 heavy (non-hydrogen) atoms. The molecule has 2 saturated carbocycles. The van der Waals surface area contributed by atoms with Crippen molar-refractivity contribution in [2.45, 2.75) is 38.6 Å². The van der Waals surface area contributed by atoms with Gasteiger partial charge in [-0.3, -0.25) is 14.8 Å². The van der Waals surface area contributed by atoms with Crippen LogP contribution in [0.4, 0.5) is 5.69 Å². The zero-order valence-corrected chi connectivity index (χ0v) is 17.3. The molecular formula is C24H28N4O2. The molecule has 0 spiro atoms. The van der Waals surface area contributed by atoms with Gasteiger partial charge in [0.1, 0.15) is 5.75 Å². The minimum atomic E-state index is -0.0449. The zero-order valence-electron chi connectivity index (χ0n) is 17.3. The van der Waals surface area contributed by atoms with E-state index in [1.165, 1.54) is 17.9 Å². The van der Waals surface area contributed by atoms with Crippen LogP contribution in [0, 0.1) is 12.8 Å². The predicted octanol–water partition coefficient (Wildman–Crippen LogP) is 3.98. The second-order valence-electron chi connectivity index (χ2n) is 8.11. The van der Waals surface area contributed by atoms with Gasteiger partial charge >= 0.3 is 0 Å². The Morgan fingerprint density at radius 1 is 1.30 bits per heavy atom. The first kappa shape index (κ1) is 20.2. The molecule has 2 aromatic rings. The molecule has 0 unspecified atom stereocenters. The number of nitrogens with one attached hydrogen (secondary N) is 1. The fourth-order valence-corrected chi connectivity index (χ4v) is 3.15. The van der Waals surface area contributed by atoms with Crippen LogP contribution >= 0.6 is 0 Å². The van der Waals surface area contributed by atoms with Gasteiger partial charge in [-0.2, -0.15) is 0 Å². The molecule has 2 aliphatic rings. The van der Waals surface area contributed by atoms with E-state index in [1.807, 2.05) is 31.2 Å². The fourth-order valence-electron chi connectivity index (χ4n) is 3.15. The number of carbonyl (C=O) groups excluding carboxylic acids is 1. The number of anilines is 1. The van der Waals surface area contributed by atoms with Crippen LogP contribution in [-0.4, -0.2) is 23.5 Å². The Kier molecular flexibility index (Phi) is 5.86. The summed E-state index contributed by atoms with van der Waals surface area (Å²) >= 11 is 0. The van der Waals surface area contributed by atoms with E-state index in [0.29, 0.717) is 29.0 Å². The van der Waals surface area contributed by atoms with Gasteiger partial charge in [0.25, 0.3) is 5.91 Å². The van der Waals surface area contributed by atoms with Gasteiger partial charge in [-0.1, -0.05) is 18.7 Å². The van der Waals surface area contributed by atoms with Gasteiger partial charge in [0.15, 0.2) is 0 Å². The molecule has 3 N–H and O–H groups in total. The van der Waals surface area contributed by atoms with Crippen LogP contribution in [0.5, 0.6) is 5.75 Å². The number of aromatic nitrogens is 1. The van der Waals surface area contributed by atoms with E-state index in [0.717, 1.165) is 36.1 Å². The Hall–Kier alpha value is -3.12. The summed E-state index contributed by atoms with van der Waals surface area (Å²) in [5, 5.41) is 4.53. The Morgan fingerprint density at radius 2 is 2.10 bits per heavy atom. The van der Waals surface area contributed by atoms with E-state index in [9.17, 15) is 4.79 Å². The molecule has 2 fully saturated rings. The third-order valence-corrected chi connectivity index (χ3v) is 5.40. The number of ether oxygens (including phenoxy) is 1. The Labute approximate surface area is 177 Å². The SMILES string of the molecule is C=C/C(=C\N(N)c1cncc(OCC2CC2)c1)c1cc(C(=O)NC2CC2)ccc1C. The topological polar surface area (TPSA) is 80.5 Å². The summed E-state index contributed by atoms with van der Waals surface area (Å²) in [6.07, 6.45) is 11.5. The lowest BCUT2D eigenvalue weighted by molar-refractivity contribution is 0.0951. The molecule has 0 aliphatic heterocycles. The molecule has 1 amide bonds. The molecule has 6 nitrogen and oxygen atoms in total. The van der Waals surface area contributed by atoms with Crippen molar-refractivity contribution in [2.24, 2.45) is 11.8 Å². The number of aryl methyl sites for hydroxylation is 1. The number of carbonyl (C=O) groups is 1. The molecule has 1 aromatic carbocycles. The van der Waals surface area contributed by atoms with Crippen LogP contribution in [0.2, 0.25) is 0 Å². The van der Waals surface area contributed by atoms with Crippen molar-refractivity contribution in [2.75, 3.05) is 11.6 Å². The van der Waals surface area contributed by atoms with Gasteiger partial charge in [0.2, 0.25) is 0 Å². The second kappa shape index (κ2) is 8.71. The van der Waals surface area contributed by atoms with Crippen LogP contribution in [0.3, 0.4) is 0 Å². The standard InChI is InChI=1S/C24H28N4O2/c1-3-18(23-10-19(7-4-16(23)2)24(29)27-20-8-9-20)14-28(25)21-11-22(13-26-12-21)30-15-17-5-6-17/h3-4,7,10-14,17,20H,1,5-6,8-9,15,25H2,2H3,(H,27,29)/b18-14+. The summed E-state index contributed by atoms with van der Waals surface area (Å²) in [4.78, 5) is 16.7. The van der Waals surface area contributed by atoms with E-state index >= 15 is 0 Å². The summed E-state index contributed by atoms with van der Waals surface area (Å²) in [7, 11) is 0. The van der Waals surface area contributed by atoms with Crippen LogP contribution < -0.4 is 20.9 Å². The van der Waals surface area contributed by atoms with Gasteiger partial charge in [-0.15, -0.1) is 0 Å². The monoisotopic (exact) mass is 404 g/mol. The summed E-state index contributed by atoms with van der Waals surface area (Å²) < 4.78 is 5.80. The second-order valence-corrected chi connectivity index (χ2v) is 8.11. The predicted molar refractivity (Wildman–Crippen MR) is 119 cm³/mol. The van der Waals surface area contributed by atoms with Crippen LogP contribution in [-0.2, 0) is 0 Å². The number of amides is 1. The average molecular weight is 405 g/mol. The Morgan fingerprint density at radius 3 is 2.80 bits per heavy atom. The summed E-state index contributed by atoms with van der Waals surface area (Å²) in [6, 6.07) is 7.88. The van der Waals surface area contributed by atoms with Crippen molar-refractivity contribution in [3.63, 3.8) is 0 Å². The van der Waals surface area contributed by atoms with Gasteiger partial charge in [0, 0.05) is 23.9 Å². The molecule has 0 radical (unpaired) electrons. The lowest BCUT2D eigenvalue weighted by Gasteiger charge is -2.17. The number of benzene rings is 1. The van der Waals surface area contributed by atoms with Crippen molar-refractivity contribution in [3.8, 4) is 5.75 Å². The minimum absolute atomic E-state index is 0.0449. The lowest BCUT2D eigenvalue weighted by Crippen LogP contribution is -2.26. The number of nitrogens with zero attached hydrogens (tertiary/aromatic N) is 2. The Balaban J connectivity index is 1.54. The highest BCUT2D eigenvalue weighted by molar-refractivity contribution is 5.96. The van der Waals surface area contributed by atoms with Gasteiger partial charge < -0.3 is 10.1 Å². The number of rotatable bonds is 9. The quantitative estimate of drug-likeness (QED) is 0.375. The van der Waals surface area contributed by atoms with Crippen molar-refractivity contribution in [1.82, 2.24) is 10.3 Å². The molecule has 4 rings (SSSR count). The molecule has 0 saturated heterocycles. The van der Waals surface area contributed by atoms with Gasteiger partial charge in [-0.25, -0.2) is 5.84 Å². The van der Waals surface area contributed by atoms with E-state index < -0.39 is 0 Å². The maximum Gasteiger partial charge on any atom is 0.251 e. The number of hydrogen-bond donors (Lipinski definition) is 2. The number of pyridine rings is 1. The van der Waals surface area contributed by atoms with E-state index in [2.05, 4.69) is 16.9 Å². The Bertz CT molecular complexity index is 977. The third-order valence-electron chi connectivity index (χ3n) is 5.40. The van der Waals surface area contributed by atoms with Crippen molar-refractivity contribution in [1.29, 1.82) is 0 Å². The smallest absolute Gasteiger partial charge is 0.251 e. The maximum absolute atomic E-state index is 12.5. The molecule has 6 heteroatoms. The summed E-state index contributed by atoms with van der Waals surface area (Å²) in [5.41, 5.74) is 4.12. The average Bonchev–Trinajstić information content (AvgIpc) is 3.67. The third kappa shape index (κ3) is 5.07. The first-order valence-corrected chi connectivity index (χ1v) is 10.4. The molecule has 0 atom stereocenters. The number of hydrazine groups is 1. The minimum Gasteiger partial charge on any atom is -0.492 e. The van der Waals surface area contributed by atoms with Crippen LogP contribution in [0.25, 0.3) is 5.57 Å². The largest absolute Gasteiger partial charge is 0.492 e. The summed E-state index contributed by atoms with van der Waals surface area (Å²) in [6.45, 7) is 6.66. The van der Waals surface area contributed by atoms with Crippen molar-refractivity contribution >= 4 is 17.2 Å². The maximum atomic E-state index is 12.5. The summed E-state index contributed by atoms with van der Waals surface area (Å²) in [5.74, 6) is 7.63. The molecule has 1 heterocycles. The highest BCUT2D eigenvalue weighted by atomic mass is 16.5. The first-order chi connectivity index (χ1) is 14.5. The first-order valence-electron chi connectivity index (χ1n) is 10.4. The fraction of sp³-hybridized carbons (Fsp3) is 0.333.